The van der Waals surface area contributed by atoms with E-state index in [9.17, 15) is 9.59 Å². The van der Waals surface area contributed by atoms with Crippen LogP contribution in [0.25, 0.3) is 0 Å². The molecule has 0 saturated carbocycles. The lowest BCUT2D eigenvalue weighted by molar-refractivity contribution is -0.155. The van der Waals surface area contributed by atoms with Gasteiger partial charge in [0.05, 0.1) is 0 Å². The maximum absolute atomic E-state index is 11.5. The molecule has 0 aliphatic rings. The first-order valence-electron chi connectivity index (χ1n) is 6.02. The molecule has 0 radical (unpaired) electrons. The Morgan fingerprint density at radius 3 is 2.00 bits per heavy atom. The van der Waals surface area contributed by atoms with Crippen molar-refractivity contribution < 1.29 is 14.3 Å². The zero-order valence-electron chi connectivity index (χ0n) is 11.8. The molecule has 4 nitrogen and oxygen atoms in total. The van der Waals surface area contributed by atoms with E-state index in [4.69, 9.17) is 4.74 Å². The second-order valence-electron chi connectivity index (χ2n) is 6.20. The van der Waals surface area contributed by atoms with Crippen molar-refractivity contribution >= 4 is 11.9 Å². The Balaban J connectivity index is 3.73. The minimum absolute atomic E-state index is 0.00156. The Hall–Kier alpha value is -1.06. The lowest BCUT2D eigenvalue weighted by Crippen LogP contribution is -2.35. The van der Waals surface area contributed by atoms with Gasteiger partial charge in [0, 0.05) is 18.4 Å². The topological polar surface area (TPSA) is 55.4 Å². The molecule has 0 fully saturated rings. The number of carbonyl (C=O) groups excluding carboxylic acids is 2. The molecule has 17 heavy (non-hydrogen) atoms. The van der Waals surface area contributed by atoms with E-state index in [1.165, 1.54) is 0 Å². The molecule has 0 saturated heterocycles. The van der Waals surface area contributed by atoms with Crippen LogP contribution in [-0.4, -0.2) is 24.0 Å². The zero-order valence-corrected chi connectivity index (χ0v) is 11.8. The standard InChI is InChI=1S/C13H25NO3/c1-12(2,3)11(16)14-9-7-8-10(15)17-13(4,5)6/h7-9H2,1-6H3,(H,14,16). The Labute approximate surface area is 104 Å². The molecule has 0 aromatic carbocycles. The summed E-state index contributed by atoms with van der Waals surface area (Å²) in [5.41, 5.74) is -0.822. The first kappa shape index (κ1) is 15.9. The molecule has 0 heterocycles. The maximum Gasteiger partial charge on any atom is 0.306 e. The fourth-order valence-corrected chi connectivity index (χ4v) is 1.09. The molecule has 4 heteroatoms. The van der Waals surface area contributed by atoms with Gasteiger partial charge in [0.1, 0.15) is 5.60 Å². The summed E-state index contributed by atoms with van der Waals surface area (Å²) >= 11 is 0. The van der Waals surface area contributed by atoms with E-state index in [2.05, 4.69) is 5.32 Å². The monoisotopic (exact) mass is 243 g/mol. The lowest BCUT2D eigenvalue weighted by Gasteiger charge is -2.20. The molecule has 1 N–H and O–H groups in total. The Morgan fingerprint density at radius 1 is 1.06 bits per heavy atom. The first-order valence-corrected chi connectivity index (χ1v) is 6.02. The third-order valence-corrected chi connectivity index (χ3v) is 1.94. The Morgan fingerprint density at radius 2 is 1.59 bits per heavy atom. The molecule has 0 rings (SSSR count). The van der Waals surface area contributed by atoms with Crippen LogP contribution in [0.3, 0.4) is 0 Å². The third kappa shape index (κ3) is 8.72. The Bertz CT molecular complexity index is 271. The molecule has 100 valence electrons. The van der Waals surface area contributed by atoms with Crippen molar-refractivity contribution in [2.24, 2.45) is 5.41 Å². The van der Waals surface area contributed by atoms with Gasteiger partial charge in [0.25, 0.3) is 0 Å². The van der Waals surface area contributed by atoms with Gasteiger partial charge in [-0.1, -0.05) is 20.8 Å². The second-order valence-corrected chi connectivity index (χ2v) is 6.20. The normalized spacial score (nSPS) is 12.1. The van der Waals surface area contributed by atoms with E-state index in [-0.39, 0.29) is 17.3 Å². The van der Waals surface area contributed by atoms with Crippen molar-refractivity contribution in [3.63, 3.8) is 0 Å². The molecular formula is C13H25NO3. The van der Waals surface area contributed by atoms with Crippen molar-refractivity contribution in [2.75, 3.05) is 6.54 Å². The number of hydrogen-bond donors (Lipinski definition) is 1. The fraction of sp³-hybridized carbons (Fsp3) is 0.846. The van der Waals surface area contributed by atoms with Crippen LogP contribution in [0.2, 0.25) is 0 Å². The first-order chi connectivity index (χ1) is 7.52. The van der Waals surface area contributed by atoms with E-state index in [1.807, 2.05) is 41.5 Å². The molecular weight excluding hydrogens is 218 g/mol. The average Bonchev–Trinajstić information content (AvgIpc) is 2.07. The Kier molecular flexibility index (Phi) is 5.66. The summed E-state index contributed by atoms with van der Waals surface area (Å²) in [5, 5.41) is 2.79. The van der Waals surface area contributed by atoms with Crippen molar-refractivity contribution in [3.8, 4) is 0 Å². The summed E-state index contributed by atoms with van der Waals surface area (Å²) in [4.78, 5) is 22.9. The van der Waals surface area contributed by atoms with Gasteiger partial charge in [0.2, 0.25) is 5.91 Å². The van der Waals surface area contributed by atoms with Crippen molar-refractivity contribution in [1.82, 2.24) is 5.32 Å². The van der Waals surface area contributed by atoms with Crippen LogP contribution in [0.4, 0.5) is 0 Å². The number of amides is 1. The summed E-state index contributed by atoms with van der Waals surface area (Å²) in [6.07, 6.45) is 0.943. The molecule has 0 bridgehead atoms. The highest BCUT2D eigenvalue weighted by Crippen LogP contribution is 2.12. The number of rotatable bonds is 4. The van der Waals surface area contributed by atoms with Gasteiger partial charge in [-0.3, -0.25) is 9.59 Å². The molecule has 0 unspecified atom stereocenters. The minimum atomic E-state index is -0.439. The molecule has 0 aromatic rings. The third-order valence-electron chi connectivity index (χ3n) is 1.94. The van der Waals surface area contributed by atoms with E-state index in [0.29, 0.717) is 19.4 Å². The van der Waals surface area contributed by atoms with Crippen molar-refractivity contribution in [3.05, 3.63) is 0 Å². The number of ether oxygens (including phenoxy) is 1. The predicted molar refractivity (Wildman–Crippen MR) is 67.5 cm³/mol. The summed E-state index contributed by atoms with van der Waals surface area (Å²) in [6.45, 7) is 11.6. The highest BCUT2D eigenvalue weighted by molar-refractivity contribution is 5.81. The van der Waals surface area contributed by atoms with Crippen LogP contribution in [0.1, 0.15) is 54.4 Å². The molecule has 0 atom stereocenters. The van der Waals surface area contributed by atoms with E-state index in [0.717, 1.165) is 0 Å². The van der Waals surface area contributed by atoms with Gasteiger partial charge in [-0.15, -0.1) is 0 Å². The fourth-order valence-electron chi connectivity index (χ4n) is 1.09. The number of esters is 1. The summed E-state index contributed by atoms with van der Waals surface area (Å²) in [6, 6.07) is 0. The SMILES string of the molecule is CC(C)(C)OC(=O)CCCNC(=O)C(C)(C)C. The number of hydrogen-bond acceptors (Lipinski definition) is 3. The smallest absolute Gasteiger partial charge is 0.306 e. The van der Waals surface area contributed by atoms with E-state index >= 15 is 0 Å². The molecule has 0 spiro atoms. The predicted octanol–water partition coefficient (Wildman–Crippen LogP) is 2.27. The largest absolute Gasteiger partial charge is 0.460 e. The van der Waals surface area contributed by atoms with Crippen LogP contribution in [0.15, 0.2) is 0 Å². The van der Waals surface area contributed by atoms with Gasteiger partial charge in [-0.05, 0) is 27.2 Å². The van der Waals surface area contributed by atoms with Gasteiger partial charge in [-0.2, -0.15) is 0 Å². The van der Waals surface area contributed by atoms with Crippen LogP contribution in [-0.2, 0) is 14.3 Å². The van der Waals surface area contributed by atoms with Gasteiger partial charge < -0.3 is 10.1 Å². The average molecular weight is 243 g/mol. The molecule has 0 aliphatic carbocycles. The van der Waals surface area contributed by atoms with Gasteiger partial charge >= 0.3 is 5.97 Å². The quantitative estimate of drug-likeness (QED) is 0.608. The summed E-state index contributed by atoms with van der Waals surface area (Å²) in [5.74, 6) is -0.218. The molecule has 0 aliphatic heterocycles. The number of carbonyl (C=O) groups is 2. The van der Waals surface area contributed by atoms with Gasteiger partial charge in [-0.25, -0.2) is 0 Å². The van der Waals surface area contributed by atoms with Crippen molar-refractivity contribution in [1.29, 1.82) is 0 Å². The van der Waals surface area contributed by atoms with E-state index in [1.54, 1.807) is 0 Å². The van der Waals surface area contributed by atoms with Crippen LogP contribution in [0, 0.1) is 5.41 Å². The maximum atomic E-state index is 11.5. The minimum Gasteiger partial charge on any atom is -0.460 e. The highest BCUT2D eigenvalue weighted by atomic mass is 16.6. The van der Waals surface area contributed by atoms with Crippen molar-refractivity contribution in [2.45, 2.75) is 60.0 Å². The summed E-state index contributed by atoms with van der Waals surface area (Å²) in [7, 11) is 0. The van der Waals surface area contributed by atoms with Crippen LogP contribution >= 0.6 is 0 Å². The molecule has 1 amide bonds. The highest BCUT2D eigenvalue weighted by Gasteiger charge is 2.20. The summed E-state index contributed by atoms with van der Waals surface area (Å²) < 4.78 is 5.16. The second kappa shape index (κ2) is 6.03. The number of nitrogens with one attached hydrogen (secondary N) is 1. The molecule has 0 aromatic heterocycles. The van der Waals surface area contributed by atoms with Crippen LogP contribution < -0.4 is 5.32 Å². The van der Waals surface area contributed by atoms with Gasteiger partial charge in [0.15, 0.2) is 0 Å². The van der Waals surface area contributed by atoms with E-state index < -0.39 is 5.60 Å². The van der Waals surface area contributed by atoms with Crippen LogP contribution in [0.5, 0.6) is 0 Å². The zero-order chi connectivity index (χ0) is 13.7. The lowest BCUT2D eigenvalue weighted by atomic mass is 9.96.